The molecule has 0 aromatic heterocycles. The highest BCUT2D eigenvalue weighted by Crippen LogP contribution is 1.96. The third-order valence-corrected chi connectivity index (χ3v) is 1.46. The molecule has 0 atom stereocenters. The zero-order chi connectivity index (χ0) is 7.78. The lowest BCUT2D eigenvalue weighted by molar-refractivity contribution is 1.02. The summed E-state index contributed by atoms with van der Waals surface area (Å²) in [4.78, 5) is 0. The monoisotopic (exact) mass is 145 g/mol. The molecule has 0 aliphatic heterocycles. The van der Waals surface area contributed by atoms with E-state index in [1.807, 2.05) is 0 Å². The highest BCUT2D eigenvalue weighted by molar-refractivity contribution is 5.12. The van der Waals surface area contributed by atoms with Crippen LogP contribution in [0.5, 0.6) is 0 Å². The average Bonchev–Trinajstić information content (AvgIpc) is 2.08. The molecule has 1 aliphatic rings. The predicted octanol–water partition coefficient (Wildman–Crippen LogP) is 3.20. The second-order valence-electron chi connectivity index (χ2n) is 2.42. The van der Waals surface area contributed by atoms with Crippen molar-refractivity contribution in [3.63, 3.8) is 0 Å². The zero-order valence-electron chi connectivity index (χ0n) is 6.66. The molecule has 1 radical (unpaired) electrons. The molecule has 11 heavy (non-hydrogen) atoms. The molecule has 0 bridgehead atoms. The minimum atomic E-state index is 1.00. The molecule has 0 saturated heterocycles. The second kappa shape index (κ2) is 5.72. The number of allylic oxidation sites excluding steroid dienone is 8. The van der Waals surface area contributed by atoms with Gasteiger partial charge in [0, 0.05) is 0 Å². The number of hydrogen-bond donors (Lipinski definition) is 0. The van der Waals surface area contributed by atoms with Crippen LogP contribution in [0.15, 0.2) is 42.5 Å². The summed E-state index contributed by atoms with van der Waals surface area (Å²) in [5.41, 5.74) is 0. The molecular formula is C11H13. The van der Waals surface area contributed by atoms with E-state index in [0.29, 0.717) is 0 Å². The molecular weight excluding hydrogens is 132 g/mol. The second-order valence-corrected chi connectivity index (χ2v) is 2.42. The van der Waals surface area contributed by atoms with Crippen molar-refractivity contribution in [3.8, 4) is 0 Å². The minimum Gasteiger partial charge on any atom is -0.0842 e. The van der Waals surface area contributed by atoms with E-state index in [1.165, 1.54) is 0 Å². The van der Waals surface area contributed by atoms with Crippen LogP contribution < -0.4 is 0 Å². The van der Waals surface area contributed by atoms with Crippen LogP contribution in [0, 0.1) is 6.08 Å². The molecule has 0 spiro atoms. The number of hydrogen-bond acceptors (Lipinski definition) is 0. The van der Waals surface area contributed by atoms with Crippen LogP contribution in [0.2, 0.25) is 0 Å². The molecule has 0 aromatic carbocycles. The zero-order valence-corrected chi connectivity index (χ0v) is 6.66. The Hall–Kier alpha value is -1.04. The fourth-order valence-electron chi connectivity index (χ4n) is 0.880. The first-order valence-electron chi connectivity index (χ1n) is 4.03. The fourth-order valence-corrected chi connectivity index (χ4v) is 0.880. The van der Waals surface area contributed by atoms with Crippen LogP contribution in [0.3, 0.4) is 0 Å². The maximum absolute atomic E-state index is 3.23. The highest BCUT2D eigenvalue weighted by atomic mass is 13.8. The molecule has 1 rings (SSSR count). The lowest BCUT2D eigenvalue weighted by Gasteiger charge is -1.82. The van der Waals surface area contributed by atoms with Gasteiger partial charge in [-0.2, -0.15) is 0 Å². The molecule has 0 unspecified atom stereocenters. The molecule has 0 fully saturated rings. The summed E-state index contributed by atoms with van der Waals surface area (Å²) in [5, 5.41) is 0. The molecule has 0 aromatic rings. The van der Waals surface area contributed by atoms with E-state index < -0.39 is 0 Å². The van der Waals surface area contributed by atoms with Crippen molar-refractivity contribution < 1.29 is 0 Å². The Morgan fingerprint density at radius 3 is 2.64 bits per heavy atom. The molecule has 0 heterocycles. The molecule has 57 valence electrons. The van der Waals surface area contributed by atoms with Crippen molar-refractivity contribution >= 4 is 0 Å². The third kappa shape index (κ3) is 4.38. The van der Waals surface area contributed by atoms with Gasteiger partial charge >= 0.3 is 0 Å². The smallest absolute Gasteiger partial charge is 0.0160 e. The van der Waals surface area contributed by atoms with Gasteiger partial charge in [0.05, 0.1) is 0 Å². The summed E-state index contributed by atoms with van der Waals surface area (Å²) in [6, 6.07) is 0. The van der Waals surface area contributed by atoms with Crippen molar-refractivity contribution in [2.75, 3.05) is 0 Å². The fraction of sp³-hybridized carbons (Fsp3) is 0.273. The third-order valence-electron chi connectivity index (χ3n) is 1.46. The topological polar surface area (TPSA) is 0 Å². The van der Waals surface area contributed by atoms with Crippen LogP contribution in [0.4, 0.5) is 0 Å². The van der Waals surface area contributed by atoms with Crippen molar-refractivity contribution in [1.82, 2.24) is 0 Å². The molecule has 1 aliphatic carbocycles. The molecule has 0 saturated carbocycles. The standard InChI is InChI=1S/C11H13/c1-2-4-6-8-10-11-9-7-5-3-1/h1-6,9H,7-8,10H2/b2-1-,5-3-,6-4+,11-9?. The summed E-state index contributed by atoms with van der Waals surface area (Å²) in [7, 11) is 0. The van der Waals surface area contributed by atoms with Gasteiger partial charge in [-0.05, 0) is 25.3 Å². The first-order valence-corrected chi connectivity index (χ1v) is 4.03. The predicted molar refractivity (Wildman–Crippen MR) is 49.1 cm³/mol. The molecule has 0 N–H and O–H groups in total. The van der Waals surface area contributed by atoms with Gasteiger partial charge in [-0.1, -0.05) is 42.5 Å². The van der Waals surface area contributed by atoms with E-state index in [0.717, 1.165) is 19.3 Å². The van der Waals surface area contributed by atoms with Crippen molar-refractivity contribution in [1.29, 1.82) is 0 Å². The first-order chi connectivity index (χ1) is 5.50. The van der Waals surface area contributed by atoms with E-state index in [2.05, 4.69) is 48.6 Å². The Morgan fingerprint density at radius 2 is 1.73 bits per heavy atom. The molecule has 0 amide bonds. The van der Waals surface area contributed by atoms with Gasteiger partial charge in [-0.3, -0.25) is 0 Å². The summed E-state index contributed by atoms with van der Waals surface area (Å²) in [5.74, 6) is 0. The van der Waals surface area contributed by atoms with E-state index in [-0.39, 0.29) is 0 Å². The Balaban J connectivity index is 2.47. The van der Waals surface area contributed by atoms with E-state index in [1.54, 1.807) is 0 Å². The van der Waals surface area contributed by atoms with E-state index in [4.69, 9.17) is 0 Å². The van der Waals surface area contributed by atoms with Gasteiger partial charge in [0.2, 0.25) is 0 Å². The van der Waals surface area contributed by atoms with Crippen LogP contribution in [-0.2, 0) is 0 Å². The Kier molecular flexibility index (Phi) is 4.19. The van der Waals surface area contributed by atoms with Crippen molar-refractivity contribution in [2.24, 2.45) is 0 Å². The van der Waals surface area contributed by atoms with Gasteiger partial charge in [-0.15, -0.1) is 0 Å². The average molecular weight is 145 g/mol. The summed E-state index contributed by atoms with van der Waals surface area (Å²) in [6.07, 6.45) is 21.0. The van der Waals surface area contributed by atoms with Gasteiger partial charge in [0.1, 0.15) is 0 Å². The summed E-state index contributed by atoms with van der Waals surface area (Å²) >= 11 is 0. The van der Waals surface area contributed by atoms with Crippen LogP contribution in [-0.4, -0.2) is 0 Å². The first kappa shape index (κ1) is 8.06. The SMILES string of the molecule is [C]1=C\C\C=C/C=C\C=C\CC/1. The van der Waals surface area contributed by atoms with Crippen LogP contribution >= 0.6 is 0 Å². The van der Waals surface area contributed by atoms with Crippen LogP contribution in [0.25, 0.3) is 0 Å². The molecule has 0 heteroatoms. The highest BCUT2D eigenvalue weighted by Gasteiger charge is 1.77. The van der Waals surface area contributed by atoms with Gasteiger partial charge in [0.15, 0.2) is 0 Å². The molecule has 0 nitrogen and oxygen atoms in total. The van der Waals surface area contributed by atoms with Crippen LogP contribution in [0.1, 0.15) is 19.3 Å². The normalized spacial score (nSPS) is 29.8. The van der Waals surface area contributed by atoms with Crippen molar-refractivity contribution in [2.45, 2.75) is 19.3 Å². The van der Waals surface area contributed by atoms with Gasteiger partial charge in [-0.25, -0.2) is 0 Å². The van der Waals surface area contributed by atoms with Gasteiger partial charge in [0.25, 0.3) is 0 Å². The number of rotatable bonds is 0. The maximum atomic E-state index is 3.23. The Morgan fingerprint density at radius 1 is 0.909 bits per heavy atom. The Bertz CT molecular complexity index is 192. The summed E-state index contributed by atoms with van der Waals surface area (Å²) < 4.78 is 0. The Labute approximate surface area is 68.6 Å². The lowest BCUT2D eigenvalue weighted by atomic mass is 10.2. The van der Waals surface area contributed by atoms with Gasteiger partial charge < -0.3 is 0 Å². The van der Waals surface area contributed by atoms with E-state index >= 15 is 0 Å². The minimum absolute atomic E-state index is 1.00. The van der Waals surface area contributed by atoms with E-state index in [9.17, 15) is 0 Å². The summed E-state index contributed by atoms with van der Waals surface area (Å²) in [6.45, 7) is 0. The maximum Gasteiger partial charge on any atom is -0.0160 e. The van der Waals surface area contributed by atoms with Crippen molar-refractivity contribution in [3.05, 3.63) is 48.6 Å². The largest absolute Gasteiger partial charge is 0.0842 e. The quantitative estimate of drug-likeness (QED) is 0.491. The lowest BCUT2D eigenvalue weighted by Crippen LogP contribution is -1.64.